The summed E-state index contributed by atoms with van der Waals surface area (Å²) < 4.78 is 1.96. The van der Waals surface area contributed by atoms with Crippen molar-refractivity contribution < 1.29 is 0 Å². The number of H-pyrrole nitrogens is 4. The normalized spacial score (nSPS) is 13.3. The van der Waals surface area contributed by atoms with E-state index >= 15 is 0 Å². The Morgan fingerprint density at radius 2 is 0.705 bits per heavy atom. The van der Waals surface area contributed by atoms with Crippen molar-refractivity contribution in [3.63, 3.8) is 0 Å². The molecule has 7 rings (SSSR count). The second-order valence-electron chi connectivity index (χ2n) is 12.1. The first-order valence-electron chi connectivity index (χ1n) is 14.8. The van der Waals surface area contributed by atoms with Crippen molar-refractivity contribution in [2.75, 3.05) is 0 Å². The largest absolute Gasteiger partial charge is 0.354 e. The molecule has 4 nitrogen and oxygen atoms in total. The number of benzene rings is 2. The minimum atomic E-state index is 0.978. The number of nitrogens with one attached hydrogen (secondary N) is 4. The fraction of sp³-hybridized carbons (Fsp3) is 0.158. The summed E-state index contributed by atoms with van der Waals surface area (Å²) in [5.74, 6) is 0. The Morgan fingerprint density at radius 3 is 1.07 bits per heavy atom. The van der Waals surface area contributed by atoms with Gasteiger partial charge < -0.3 is 19.9 Å². The van der Waals surface area contributed by atoms with Crippen LogP contribution in [0, 0.1) is 41.5 Å². The molecule has 44 heavy (non-hydrogen) atoms. The summed E-state index contributed by atoms with van der Waals surface area (Å²) in [4.78, 5) is 15.0. The smallest absolute Gasteiger partial charge is 0.0645 e. The highest BCUT2D eigenvalue weighted by atomic mass is 79.9. The summed E-state index contributed by atoms with van der Waals surface area (Å²) in [5.41, 5.74) is 16.4. The molecular weight excluding hydrogens is 672 g/mol. The van der Waals surface area contributed by atoms with Crippen LogP contribution >= 0.6 is 31.9 Å². The number of aryl methyl sites for hydroxylation is 6. The van der Waals surface area contributed by atoms with Gasteiger partial charge in [-0.05, 0) is 155 Å². The van der Waals surface area contributed by atoms with E-state index < -0.39 is 0 Å². The molecule has 0 amide bonds. The number of hydrogen-bond donors (Lipinski definition) is 4. The number of aromatic amines is 4. The van der Waals surface area contributed by atoms with Gasteiger partial charge in [0.1, 0.15) is 0 Å². The molecule has 2 aromatic carbocycles. The molecule has 0 saturated heterocycles. The Balaban J connectivity index is 1.60. The highest BCUT2D eigenvalue weighted by molar-refractivity contribution is 9.15. The van der Waals surface area contributed by atoms with Crippen molar-refractivity contribution in [3.8, 4) is 0 Å². The third-order valence-corrected chi connectivity index (χ3v) is 10.3. The van der Waals surface area contributed by atoms with E-state index in [4.69, 9.17) is 0 Å². The van der Waals surface area contributed by atoms with Crippen molar-refractivity contribution in [1.29, 1.82) is 0 Å². The average molecular weight is 707 g/mol. The van der Waals surface area contributed by atoms with Crippen LogP contribution in [0.2, 0.25) is 0 Å². The third-order valence-electron chi connectivity index (χ3n) is 8.62. The Hall–Kier alpha value is -4.00. The second-order valence-corrected chi connectivity index (χ2v) is 13.7. The van der Waals surface area contributed by atoms with Crippen LogP contribution < -0.4 is 21.4 Å². The van der Waals surface area contributed by atoms with Crippen LogP contribution in [0.1, 0.15) is 67.3 Å². The zero-order valence-electron chi connectivity index (χ0n) is 25.7. The van der Waals surface area contributed by atoms with E-state index in [1.807, 2.05) is 0 Å². The van der Waals surface area contributed by atoms with Gasteiger partial charge in [-0.25, -0.2) is 0 Å². The summed E-state index contributed by atoms with van der Waals surface area (Å²) >= 11 is 7.89. The molecule has 0 unspecified atom stereocenters. The molecule has 8 bridgehead atoms. The Kier molecular flexibility index (Phi) is 7.10. The van der Waals surface area contributed by atoms with E-state index in [0.717, 1.165) is 64.3 Å². The molecule has 1 aliphatic heterocycles. The van der Waals surface area contributed by atoms with Crippen LogP contribution in [0.15, 0.2) is 72.8 Å². The molecule has 6 aromatic rings. The summed E-state index contributed by atoms with van der Waals surface area (Å²) in [6.45, 7) is 13.1. The summed E-state index contributed by atoms with van der Waals surface area (Å²) in [6, 6.07) is 26.4. The quantitative estimate of drug-likeness (QED) is 0.154. The zero-order chi connectivity index (χ0) is 30.9. The maximum absolute atomic E-state index is 3.95. The SMILES string of the molecule is Cc1cc(C)c(C2=c3ccc([nH]3)=C(Br)c3ccc([nH]3)C(c3c(C)cc(C)cc3C)=c3ccc([nH]3)=C(Br)c3ccc2[nH]3)c(C)c1. The van der Waals surface area contributed by atoms with E-state index in [-0.39, 0.29) is 0 Å². The van der Waals surface area contributed by atoms with Crippen LogP contribution in [0.25, 0.3) is 20.1 Å². The maximum Gasteiger partial charge on any atom is 0.0645 e. The van der Waals surface area contributed by atoms with Crippen molar-refractivity contribution in [2.45, 2.75) is 41.5 Å². The molecular formula is C38H34Br2N4. The lowest BCUT2D eigenvalue weighted by Gasteiger charge is -2.14. The molecule has 4 N–H and O–H groups in total. The first-order chi connectivity index (χ1) is 21.1. The van der Waals surface area contributed by atoms with Crippen molar-refractivity contribution in [2.24, 2.45) is 0 Å². The van der Waals surface area contributed by atoms with E-state index in [9.17, 15) is 0 Å². The van der Waals surface area contributed by atoms with Crippen LogP contribution in [-0.2, 0) is 0 Å². The van der Waals surface area contributed by atoms with Gasteiger partial charge in [0, 0.05) is 33.2 Å². The molecule has 0 spiro atoms. The van der Waals surface area contributed by atoms with Gasteiger partial charge in [-0.3, -0.25) is 0 Å². The molecule has 0 radical (unpaired) electrons. The molecule has 0 fully saturated rings. The lowest BCUT2D eigenvalue weighted by atomic mass is 9.92. The first-order valence-corrected chi connectivity index (χ1v) is 16.4. The number of aromatic nitrogens is 4. The Morgan fingerprint density at radius 1 is 0.386 bits per heavy atom. The molecule has 6 heteroatoms. The van der Waals surface area contributed by atoms with Gasteiger partial charge in [0.05, 0.1) is 31.1 Å². The summed E-state index contributed by atoms with van der Waals surface area (Å²) in [7, 11) is 0. The minimum absolute atomic E-state index is 0.978. The number of fused-ring (bicyclic) bond motifs is 8. The number of halogens is 2. The molecule has 0 aliphatic carbocycles. The lowest BCUT2D eigenvalue weighted by Crippen LogP contribution is -2.18. The second kappa shape index (κ2) is 10.9. The van der Waals surface area contributed by atoms with Gasteiger partial charge in [0.25, 0.3) is 0 Å². The summed E-state index contributed by atoms with van der Waals surface area (Å²) in [6.07, 6.45) is 0. The Labute approximate surface area is 273 Å². The maximum atomic E-state index is 3.95. The van der Waals surface area contributed by atoms with E-state index in [1.165, 1.54) is 44.5 Å². The van der Waals surface area contributed by atoms with E-state index in [1.54, 1.807) is 0 Å². The predicted molar refractivity (Wildman–Crippen MR) is 189 cm³/mol. The van der Waals surface area contributed by atoms with Gasteiger partial charge in [-0.1, -0.05) is 35.4 Å². The Bertz CT molecular complexity index is 2160. The predicted octanol–water partition coefficient (Wildman–Crippen LogP) is 6.76. The lowest BCUT2D eigenvalue weighted by molar-refractivity contribution is 1.19. The monoisotopic (exact) mass is 704 g/mol. The molecule has 5 heterocycles. The van der Waals surface area contributed by atoms with Gasteiger partial charge in [-0.2, -0.15) is 0 Å². The molecule has 4 aromatic heterocycles. The fourth-order valence-electron chi connectivity index (χ4n) is 6.94. The first kappa shape index (κ1) is 28.8. The zero-order valence-corrected chi connectivity index (χ0v) is 28.9. The van der Waals surface area contributed by atoms with Crippen LogP contribution in [0.4, 0.5) is 0 Å². The summed E-state index contributed by atoms with van der Waals surface area (Å²) in [5, 5.41) is 4.11. The van der Waals surface area contributed by atoms with Gasteiger partial charge in [-0.15, -0.1) is 0 Å². The van der Waals surface area contributed by atoms with Crippen LogP contribution in [0.5, 0.6) is 0 Å². The van der Waals surface area contributed by atoms with E-state index in [2.05, 4.69) is 166 Å². The van der Waals surface area contributed by atoms with Crippen molar-refractivity contribution in [3.05, 3.63) is 161 Å². The minimum Gasteiger partial charge on any atom is -0.354 e. The molecule has 1 aliphatic rings. The molecule has 0 atom stereocenters. The highest BCUT2D eigenvalue weighted by Crippen LogP contribution is 2.31. The standard InChI is InChI=1S/C38H34Br2N4/c1-19-15-21(3)33(22(4)16-19)35-25-7-11-29(41-25)37(39)31-13-9-27(43-31)36(34-23(5)17-20(2)18-24(34)6)28-10-14-32(44-28)38(40)30-12-8-26(35)42-30/h7-18,41-44H,1-6H3. The van der Waals surface area contributed by atoms with E-state index in [0.29, 0.717) is 0 Å². The van der Waals surface area contributed by atoms with Gasteiger partial charge in [0.2, 0.25) is 0 Å². The molecule has 220 valence electrons. The average Bonchev–Trinajstić information content (AvgIpc) is 3.78. The number of rotatable bonds is 2. The molecule has 0 saturated carbocycles. The van der Waals surface area contributed by atoms with Crippen LogP contribution in [0.3, 0.4) is 0 Å². The third kappa shape index (κ3) is 4.81. The van der Waals surface area contributed by atoms with Gasteiger partial charge in [0.15, 0.2) is 0 Å². The highest BCUT2D eigenvalue weighted by Gasteiger charge is 2.19. The van der Waals surface area contributed by atoms with Gasteiger partial charge >= 0.3 is 0 Å². The fourth-order valence-corrected chi connectivity index (χ4v) is 7.87. The number of hydrogen-bond acceptors (Lipinski definition) is 0. The van der Waals surface area contributed by atoms with Crippen molar-refractivity contribution >= 4 is 52.0 Å². The van der Waals surface area contributed by atoms with Crippen molar-refractivity contribution in [1.82, 2.24) is 19.9 Å². The van der Waals surface area contributed by atoms with Crippen LogP contribution in [-0.4, -0.2) is 19.9 Å². The topological polar surface area (TPSA) is 63.2 Å².